The number of aromatic nitrogens is 2. The minimum atomic E-state index is 0.503. The van der Waals surface area contributed by atoms with Gasteiger partial charge in [-0.25, -0.2) is 9.97 Å². The molecule has 0 spiro atoms. The minimum absolute atomic E-state index is 0.503. The maximum atomic E-state index is 5.76. The lowest BCUT2D eigenvalue weighted by molar-refractivity contribution is 0.318. The molecule has 2 saturated heterocycles. The smallest absolute Gasteiger partial charge is 0.222 e. The second-order valence-electron chi connectivity index (χ2n) is 4.51. The SMILES string of the molecule is Clc1cnc(NC2CCN3CCCC23)nc1. The summed E-state index contributed by atoms with van der Waals surface area (Å²) in [6.45, 7) is 2.46. The number of nitrogens with one attached hydrogen (secondary N) is 1. The van der Waals surface area contributed by atoms with Gasteiger partial charge in [0.1, 0.15) is 0 Å². The molecular formula is C11H15ClN4. The normalized spacial score (nSPS) is 29.3. The van der Waals surface area contributed by atoms with E-state index in [1.165, 1.54) is 32.4 Å². The van der Waals surface area contributed by atoms with Crippen LogP contribution >= 0.6 is 11.6 Å². The number of hydrogen-bond donors (Lipinski definition) is 1. The lowest BCUT2D eigenvalue weighted by Crippen LogP contribution is -2.34. The van der Waals surface area contributed by atoms with Gasteiger partial charge in [-0.2, -0.15) is 0 Å². The molecule has 0 bridgehead atoms. The van der Waals surface area contributed by atoms with Crippen LogP contribution in [-0.2, 0) is 0 Å². The molecule has 3 rings (SSSR count). The highest BCUT2D eigenvalue weighted by Gasteiger charge is 2.37. The predicted molar refractivity (Wildman–Crippen MR) is 63.7 cm³/mol. The van der Waals surface area contributed by atoms with Crippen LogP contribution in [0.2, 0.25) is 5.02 Å². The Balaban J connectivity index is 1.68. The molecule has 0 radical (unpaired) electrons. The van der Waals surface area contributed by atoms with Crippen molar-refractivity contribution in [2.24, 2.45) is 0 Å². The van der Waals surface area contributed by atoms with E-state index in [0.29, 0.717) is 23.1 Å². The number of anilines is 1. The van der Waals surface area contributed by atoms with Gasteiger partial charge in [0.15, 0.2) is 0 Å². The fraction of sp³-hybridized carbons (Fsp3) is 0.636. The van der Waals surface area contributed by atoms with Gasteiger partial charge in [-0.15, -0.1) is 0 Å². The molecule has 0 amide bonds. The van der Waals surface area contributed by atoms with E-state index in [-0.39, 0.29) is 0 Å². The highest BCUT2D eigenvalue weighted by atomic mass is 35.5. The fourth-order valence-corrected chi connectivity index (χ4v) is 2.90. The highest BCUT2D eigenvalue weighted by molar-refractivity contribution is 6.30. The summed E-state index contributed by atoms with van der Waals surface area (Å²) in [6, 6.07) is 1.18. The third-order valence-electron chi connectivity index (χ3n) is 3.54. The molecule has 16 heavy (non-hydrogen) atoms. The zero-order chi connectivity index (χ0) is 11.0. The average Bonchev–Trinajstić information content (AvgIpc) is 2.86. The summed E-state index contributed by atoms with van der Waals surface area (Å²) in [5.74, 6) is 0.697. The molecule has 2 atom stereocenters. The Bertz CT molecular complexity index is 367. The molecule has 0 aromatic carbocycles. The second kappa shape index (κ2) is 4.18. The maximum Gasteiger partial charge on any atom is 0.222 e. The first-order valence-electron chi connectivity index (χ1n) is 5.81. The first-order valence-corrected chi connectivity index (χ1v) is 6.19. The van der Waals surface area contributed by atoms with Crippen LogP contribution in [0.3, 0.4) is 0 Å². The largest absolute Gasteiger partial charge is 0.350 e. The zero-order valence-electron chi connectivity index (χ0n) is 9.06. The Morgan fingerprint density at radius 1 is 1.25 bits per heavy atom. The van der Waals surface area contributed by atoms with Crippen molar-refractivity contribution < 1.29 is 0 Å². The van der Waals surface area contributed by atoms with E-state index in [1.54, 1.807) is 12.4 Å². The molecule has 2 unspecified atom stereocenters. The van der Waals surface area contributed by atoms with Crippen molar-refractivity contribution >= 4 is 17.5 Å². The molecule has 0 saturated carbocycles. The van der Waals surface area contributed by atoms with E-state index >= 15 is 0 Å². The maximum absolute atomic E-state index is 5.76. The van der Waals surface area contributed by atoms with Crippen molar-refractivity contribution in [1.29, 1.82) is 0 Å². The van der Waals surface area contributed by atoms with Gasteiger partial charge in [-0.1, -0.05) is 11.6 Å². The third kappa shape index (κ3) is 1.87. The molecule has 1 N–H and O–H groups in total. The molecule has 4 nitrogen and oxygen atoms in total. The quantitative estimate of drug-likeness (QED) is 0.853. The van der Waals surface area contributed by atoms with E-state index in [0.717, 1.165) is 0 Å². The van der Waals surface area contributed by atoms with E-state index in [1.807, 2.05) is 0 Å². The van der Waals surface area contributed by atoms with Gasteiger partial charge < -0.3 is 5.32 Å². The van der Waals surface area contributed by atoms with Gasteiger partial charge in [-0.3, -0.25) is 4.90 Å². The second-order valence-corrected chi connectivity index (χ2v) is 4.95. The summed E-state index contributed by atoms with van der Waals surface area (Å²) < 4.78 is 0. The predicted octanol–water partition coefficient (Wildman–Crippen LogP) is 1.78. The zero-order valence-corrected chi connectivity index (χ0v) is 9.82. The van der Waals surface area contributed by atoms with Crippen LogP contribution in [0.4, 0.5) is 5.95 Å². The molecule has 0 aliphatic carbocycles. The van der Waals surface area contributed by atoms with Crippen LogP contribution < -0.4 is 5.32 Å². The summed E-state index contributed by atoms with van der Waals surface area (Å²) in [4.78, 5) is 10.9. The number of rotatable bonds is 2. The summed E-state index contributed by atoms with van der Waals surface area (Å²) in [7, 11) is 0. The van der Waals surface area contributed by atoms with E-state index in [4.69, 9.17) is 11.6 Å². The summed E-state index contributed by atoms with van der Waals surface area (Å²) >= 11 is 5.76. The summed E-state index contributed by atoms with van der Waals surface area (Å²) in [5.41, 5.74) is 0. The van der Waals surface area contributed by atoms with E-state index < -0.39 is 0 Å². The van der Waals surface area contributed by atoms with Crippen LogP contribution in [0, 0.1) is 0 Å². The fourth-order valence-electron chi connectivity index (χ4n) is 2.80. The van der Waals surface area contributed by atoms with E-state index in [2.05, 4.69) is 20.2 Å². The van der Waals surface area contributed by atoms with Gasteiger partial charge in [0.05, 0.1) is 17.4 Å². The Labute approximate surface area is 100 Å². The third-order valence-corrected chi connectivity index (χ3v) is 3.74. The topological polar surface area (TPSA) is 41.1 Å². The molecule has 3 heterocycles. The first kappa shape index (κ1) is 10.3. The van der Waals surface area contributed by atoms with Crippen LogP contribution in [0.15, 0.2) is 12.4 Å². The lowest BCUT2D eigenvalue weighted by atomic mass is 10.1. The van der Waals surface area contributed by atoms with Gasteiger partial charge >= 0.3 is 0 Å². The molecule has 2 aliphatic heterocycles. The van der Waals surface area contributed by atoms with Crippen molar-refractivity contribution in [2.45, 2.75) is 31.3 Å². The lowest BCUT2D eigenvalue weighted by Gasteiger charge is -2.20. The summed E-state index contributed by atoms with van der Waals surface area (Å²) in [6.07, 6.45) is 7.09. The van der Waals surface area contributed by atoms with Crippen LogP contribution in [-0.4, -0.2) is 40.0 Å². The highest BCUT2D eigenvalue weighted by Crippen LogP contribution is 2.29. The standard InChI is InChI=1S/C11H15ClN4/c12-8-6-13-11(14-7-8)15-9-3-5-16-4-1-2-10(9)16/h6-7,9-10H,1-5H2,(H,13,14,15). The molecular weight excluding hydrogens is 224 g/mol. The monoisotopic (exact) mass is 238 g/mol. The van der Waals surface area contributed by atoms with Crippen molar-refractivity contribution in [3.8, 4) is 0 Å². The van der Waals surface area contributed by atoms with E-state index in [9.17, 15) is 0 Å². The molecule has 2 aliphatic rings. The van der Waals surface area contributed by atoms with Crippen LogP contribution in [0.25, 0.3) is 0 Å². The first-order chi connectivity index (χ1) is 7.83. The molecule has 5 heteroatoms. The van der Waals surface area contributed by atoms with Gasteiger partial charge in [-0.05, 0) is 25.8 Å². The van der Waals surface area contributed by atoms with Gasteiger partial charge in [0, 0.05) is 18.6 Å². The van der Waals surface area contributed by atoms with Crippen molar-refractivity contribution in [3.05, 3.63) is 17.4 Å². The molecule has 86 valence electrons. The number of hydrogen-bond acceptors (Lipinski definition) is 4. The Kier molecular flexibility index (Phi) is 2.69. The van der Waals surface area contributed by atoms with Crippen LogP contribution in [0.5, 0.6) is 0 Å². The average molecular weight is 239 g/mol. The Hall–Kier alpha value is -0.870. The van der Waals surface area contributed by atoms with Crippen molar-refractivity contribution in [2.75, 3.05) is 18.4 Å². The molecule has 1 aromatic rings. The van der Waals surface area contributed by atoms with Crippen molar-refractivity contribution in [3.63, 3.8) is 0 Å². The van der Waals surface area contributed by atoms with Crippen LogP contribution in [0.1, 0.15) is 19.3 Å². The van der Waals surface area contributed by atoms with Gasteiger partial charge in [0.2, 0.25) is 5.95 Å². The van der Waals surface area contributed by atoms with Crippen molar-refractivity contribution in [1.82, 2.24) is 14.9 Å². The molecule has 1 aromatic heterocycles. The van der Waals surface area contributed by atoms with Gasteiger partial charge in [0.25, 0.3) is 0 Å². The molecule has 2 fully saturated rings. The Morgan fingerprint density at radius 2 is 2.06 bits per heavy atom. The minimum Gasteiger partial charge on any atom is -0.350 e. The summed E-state index contributed by atoms with van der Waals surface area (Å²) in [5, 5.41) is 4.00. The number of halogens is 1. The number of nitrogens with zero attached hydrogens (tertiary/aromatic N) is 3. The number of fused-ring (bicyclic) bond motifs is 1. The Morgan fingerprint density at radius 3 is 2.88 bits per heavy atom.